The summed E-state index contributed by atoms with van der Waals surface area (Å²) in [5.74, 6) is 0.844. The molecule has 0 aliphatic rings. The van der Waals surface area contributed by atoms with E-state index >= 15 is 0 Å². The van der Waals surface area contributed by atoms with Gasteiger partial charge in [0.15, 0.2) is 0 Å². The minimum atomic E-state index is -1.11. The van der Waals surface area contributed by atoms with Crippen LogP contribution in [0.15, 0.2) is 83.5 Å². The zero-order valence-corrected chi connectivity index (χ0v) is 18.9. The zero-order valence-electron chi connectivity index (χ0n) is 18.1. The van der Waals surface area contributed by atoms with Gasteiger partial charge in [-0.25, -0.2) is 8.93 Å². The van der Waals surface area contributed by atoms with Gasteiger partial charge in [0, 0.05) is 17.5 Å². The van der Waals surface area contributed by atoms with E-state index in [2.05, 4.69) is 29.0 Å². The van der Waals surface area contributed by atoms with Crippen molar-refractivity contribution in [1.29, 1.82) is 0 Å². The Hall–Kier alpha value is -2.89. The monoisotopic (exact) mass is 433 g/mol. The van der Waals surface area contributed by atoms with Crippen molar-refractivity contribution in [2.45, 2.75) is 38.7 Å². The molecular formula is C26H27NO3S. The van der Waals surface area contributed by atoms with E-state index in [4.69, 9.17) is 9.15 Å². The topological polar surface area (TPSA) is 51.5 Å². The Morgan fingerprint density at radius 2 is 1.74 bits per heavy atom. The summed E-state index contributed by atoms with van der Waals surface area (Å²) in [6.07, 6.45) is 1.72. The summed E-state index contributed by atoms with van der Waals surface area (Å²) in [7, 11) is -1.11. The Morgan fingerprint density at radius 3 is 2.52 bits per heavy atom. The third kappa shape index (κ3) is 5.24. The molecule has 0 bridgehead atoms. The van der Waals surface area contributed by atoms with Crippen molar-refractivity contribution in [2.75, 3.05) is 0 Å². The van der Waals surface area contributed by atoms with Gasteiger partial charge in [0.2, 0.25) is 0 Å². The molecule has 4 nitrogen and oxygen atoms in total. The lowest BCUT2D eigenvalue weighted by molar-refractivity contribution is 0.306. The highest BCUT2D eigenvalue weighted by atomic mass is 32.2. The molecule has 1 heterocycles. The van der Waals surface area contributed by atoms with E-state index < -0.39 is 11.0 Å². The molecule has 0 fully saturated rings. The summed E-state index contributed by atoms with van der Waals surface area (Å²) >= 11 is 0. The van der Waals surface area contributed by atoms with Gasteiger partial charge >= 0.3 is 0 Å². The van der Waals surface area contributed by atoms with Crippen LogP contribution in [0.3, 0.4) is 0 Å². The van der Waals surface area contributed by atoms with Crippen LogP contribution >= 0.6 is 0 Å². The summed E-state index contributed by atoms with van der Waals surface area (Å²) in [6.45, 7) is 6.90. The van der Waals surface area contributed by atoms with E-state index in [0.717, 1.165) is 39.0 Å². The molecule has 1 N–H and O–H groups in total. The predicted molar refractivity (Wildman–Crippen MR) is 127 cm³/mol. The van der Waals surface area contributed by atoms with Crippen molar-refractivity contribution in [3.63, 3.8) is 0 Å². The van der Waals surface area contributed by atoms with Crippen LogP contribution in [-0.4, -0.2) is 8.96 Å². The molecule has 0 aliphatic carbocycles. The first-order valence-corrected chi connectivity index (χ1v) is 11.5. The molecule has 5 heteroatoms. The predicted octanol–water partition coefficient (Wildman–Crippen LogP) is 6.23. The maximum Gasteiger partial charge on any atom is 0.141 e. The molecule has 0 unspecified atom stereocenters. The van der Waals surface area contributed by atoms with Crippen molar-refractivity contribution in [3.05, 3.63) is 90.2 Å². The first kappa shape index (κ1) is 21.3. The summed E-state index contributed by atoms with van der Waals surface area (Å²) in [6, 6.07) is 24.3. The molecule has 0 saturated heterocycles. The fraction of sp³-hybridized carbons (Fsp3) is 0.231. The maximum absolute atomic E-state index is 12.3. The fourth-order valence-electron chi connectivity index (χ4n) is 3.34. The van der Waals surface area contributed by atoms with Crippen LogP contribution in [0.1, 0.15) is 31.9 Å². The quantitative estimate of drug-likeness (QED) is 0.376. The molecule has 1 atom stereocenters. The van der Waals surface area contributed by atoms with Crippen LogP contribution < -0.4 is 9.46 Å². The lowest BCUT2D eigenvalue weighted by Gasteiger charge is -2.18. The molecule has 3 aromatic carbocycles. The number of benzene rings is 3. The third-order valence-electron chi connectivity index (χ3n) is 4.96. The standard InChI is InChI=1S/C26H27NO3S/c1-26(2,3)31(28)27-17-19-8-7-9-21(14-19)24-16-20(15-22-12-13-29-25(22)24)18-30-23-10-5-4-6-11-23/h4-16,27H,17-18H2,1-3H3/t31-/m1/s1. The number of hydrogen-bond acceptors (Lipinski definition) is 3. The zero-order chi connectivity index (χ0) is 21.8. The van der Waals surface area contributed by atoms with Gasteiger partial charge in [-0.05, 0) is 73.9 Å². The molecule has 0 spiro atoms. The summed E-state index contributed by atoms with van der Waals surface area (Å²) in [5, 5.41) is 1.04. The van der Waals surface area contributed by atoms with E-state index in [1.165, 1.54) is 0 Å². The number of nitrogens with one attached hydrogen (secondary N) is 1. The molecule has 4 rings (SSSR count). The van der Waals surface area contributed by atoms with Crippen molar-refractivity contribution in [2.24, 2.45) is 0 Å². The summed E-state index contributed by atoms with van der Waals surface area (Å²) in [4.78, 5) is 0. The van der Waals surface area contributed by atoms with E-state index in [1.807, 2.05) is 69.3 Å². The summed E-state index contributed by atoms with van der Waals surface area (Å²) < 4.78 is 26.9. The Kier molecular flexibility index (Phi) is 6.25. The second-order valence-electron chi connectivity index (χ2n) is 8.49. The van der Waals surface area contributed by atoms with Crippen LogP contribution in [0, 0.1) is 0 Å². The number of ether oxygens (including phenoxy) is 1. The molecule has 4 aromatic rings. The van der Waals surface area contributed by atoms with Crippen molar-refractivity contribution >= 4 is 22.0 Å². The van der Waals surface area contributed by atoms with E-state index in [1.54, 1.807) is 6.26 Å². The molecule has 31 heavy (non-hydrogen) atoms. The second kappa shape index (κ2) is 9.08. The third-order valence-corrected chi connectivity index (χ3v) is 6.48. The Bertz CT molecular complexity index is 1190. The van der Waals surface area contributed by atoms with Crippen molar-refractivity contribution < 1.29 is 13.4 Å². The van der Waals surface area contributed by atoms with Gasteiger partial charge in [0.05, 0.1) is 22.0 Å². The number of fused-ring (bicyclic) bond motifs is 1. The van der Waals surface area contributed by atoms with Gasteiger partial charge in [-0.3, -0.25) is 0 Å². The van der Waals surface area contributed by atoms with E-state index in [9.17, 15) is 4.21 Å². The van der Waals surface area contributed by atoms with Crippen molar-refractivity contribution in [1.82, 2.24) is 4.72 Å². The fourth-order valence-corrected chi connectivity index (χ4v) is 4.07. The number of para-hydroxylation sites is 1. The Balaban J connectivity index is 1.60. The average Bonchev–Trinajstić information content (AvgIpc) is 3.24. The second-order valence-corrected chi connectivity index (χ2v) is 10.5. The highest BCUT2D eigenvalue weighted by molar-refractivity contribution is 7.84. The lowest BCUT2D eigenvalue weighted by Crippen LogP contribution is -2.32. The molecule has 0 radical (unpaired) electrons. The van der Waals surface area contributed by atoms with Crippen LogP contribution in [0.2, 0.25) is 0 Å². The highest BCUT2D eigenvalue weighted by Gasteiger charge is 2.19. The highest BCUT2D eigenvalue weighted by Crippen LogP contribution is 2.32. The number of rotatable bonds is 7. The minimum Gasteiger partial charge on any atom is -0.489 e. The van der Waals surface area contributed by atoms with Crippen LogP contribution in [-0.2, 0) is 24.1 Å². The average molecular weight is 434 g/mol. The van der Waals surface area contributed by atoms with E-state index in [-0.39, 0.29) is 4.75 Å². The smallest absolute Gasteiger partial charge is 0.141 e. The van der Waals surface area contributed by atoms with Gasteiger partial charge in [-0.15, -0.1) is 0 Å². The maximum atomic E-state index is 12.3. The molecular weight excluding hydrogens is 406 g/mol. The van der Waals surface area contributed by atoms with Crippen LogP contribution in [0.4, 0.5) is 0 Å². The Labute approximate surface area is 185 Å². The van der Waals surface area contributed by atoms with Crippen LogP contribution in [0.25, 0.3) is 22.1 Å². The van der Waals surface area contributed by atoms with Gasteiger partial charge in [-0.2, -0.15) is 0 Å². The molecule has 0 amide bonds. The van der Waals surface area contributed by atoms with Crippen molar-refractivity contribution in [3.8, 4) is 16.9 Å². The SMILES string of the molecule is CC(C)(C)[S@@](=O)NCc1cccc(-c2cc(COc3ccccc3)cc3ccoc23)c1. The van der Waals surface area contributed by atoms with Gasteiger partial charge in [-0.1, -0.05) is 36.4 Å². The van der Waals surface area contributed by atoms with E-state index in [0.29, 0.717) is 13.2 Å². The van der Waals surface area contributed by atoms with Gasteiger partial charge in [0.1, 0.15) is 17.9 Å². The number of furan rings is 1. The van der Waals surface area contributed by atoms with Gasteiger partial charge < -0.3 is 9.15 Å². The van der Waals surface area contributed by atoms with Crippen LogP contribution in [0.5, 0.6) is 5.75 Å². The first-order chi connectivity index (χ1) is 14.9. The molecule has 160 valence electrons. The summed E-state index contributed by atoms with van der Waals surface area (Å²) in [5.41, 5.74) is 5.08. The number of hydrogen-bond donors (Lipinski definition) is 1. The van der Waals surface area contributed by atoms with Gasteiger partial charge in [0.25, 0.3) is 0 Å². The minimum absolute atomic E-state index is 0.301. The molecule has 0 saturated carbocycles. The first-order valence-electron chi connectivity index (χ1n) is 10.3. The largest absolute Gasteiger partial charge is 0.489 e. The molecule has 0 aliphatic heterocycles. The lowest BCUT2D eigenvalue weighted by atomic mass is 9.99. The Morgan fingerprint density at radius 1 is 0.935 bits per heavy atom. The molecule has 1 aromatic heterocycles. The normalized spacial score (nSPS) is 12.7.